The molecule has 0 aliphatic rings. The van der Waals surface area contributed by atoms with Gasteiger partial charge < -0.3 is 75.4 Å². The molecule has 27 heteroatoms. The molecule has 0 heterocycles. The third kappa shape index (κ3) is 24.4. The zero-order valence-electron chi connectivity index (χ0n) is 75.2. The molecule has 16 aromatic rings. The molecule has 0 aliphatic heterocycles. The van der Waals surface area contributed by atoms with Crippen molar-refractivity contribution in [1.82, 2.24) is 0 Å². The molecule has 16 aromatic carbocycles. The molecule has 0 fully saturated rings. The van der Waals surface area contributed by atoms with Crippen molar-refractivity contribution < 1.29 is 127 Å². The van der Waals surface area contributed by atoms with E-state index in [1.54, 1.807) is 231 Å². The second-order valence-corrected chi connectivity index (χ2v) is 31.8. The van der Waals surface area contributed by atoms with E-state index in [4.69, 9.17) is 29.4 Å². The van der Waals surface area contributed by atoms with Gasteiger partial charge in [-0.25, -0.2) is 38.4 Å². The lowest BCUT2D eigenvalue weighted by Crippen LogP contribution is -2.09. The quantitative estimate of drug-likeness (QED) is 0.0138. The molecule has 0 saturated heterocycles. The van der Waals surface area contributed by atoms with Gasteiger partial charge in [0.2, 0.25) is 0 Å². The minimum Gasteiger partial charge on any atom is -0.507 e. The Bertz CT molecular complexity index is 6520. The van der Waals surface area contributed by atoms with E-state index in [9.17, 15) is 103 Å². The van der Waals surface area contributed by atoms with E-state index in [1.165, 1.54) is 48.5 Å². The van der Waals surface area contributed by atoms with Crippen LogP contribution in [0.4, 0.5) is 5.69 Å². The number of anilines is 1. The summed E-state index contributed by atoms with van der Waals surface area (Å²) in [5, 5.41) is 85.2. The lowest BCUT2D eigenvalue weighted by atomic mass is 9.88. The smallest absolute Gasteiger partial charge is 0.335 e. The van der Waals surface area contributed by atoms with Gasteiger partial charge in [0, 0.05) is 39.1 Å². The van der Waals surface area contributed by atoms with Gasteiger partial charge in [0.15, 0.2) is 0 Å². The van der Waals surface area contributed by atoms with Gasteiger partial charge in [0.05, 0.1) is 51.1 Å². The summed E-state index contributed by atoms with van der Waals surface area (Å²) in [4.78, 5) is 133. The standard InChI is InChI=1S/C32H28O7.C28H20O6.C27H19NO6.C27H18O7/c1-3-20(2)18-38-30-28(22-4-8-24(9-5-22)31(34)35)16-26(21-12-14-27(15-13-21)39-19-33)17-29(30)23-6-10-25(11-7-23)32(36)37;1-17-25(19-2-6-21(7-3-19)27(30)31)14-23(18-10-12-24(13-11-18)34-16-29)15-26(17)20-4-8-22(9-5-20)28(32)33;28-25-23(17-1-5-19(6-2-17)26(30)31)13-21(16-9-11-22(12-10-16)34-15-29)14-24(25)18-3-7-20(8-4-18)27(32)33;28-15-34-22-11-9-16(10-12-22)21-13-23(17-1-5-19(6-2-17)26(30)31)25(29)24(14-21)18-3-7-20(8-4-18)27(32)33/h4-17,19-20H,3,18H2,1-2H3,(H,34,35)(H,36,37);2-16H,1H3,(H,30,31)(H,32,33);1-15H,28H2,(H,30,31)(H,32,33);1-15,29H,(H,30,31)(H,32,33)/t20-;;;/m1.../s1. The topological polar surface area (TPSA) is 459 Å². The molecule has 0 aliphatic carbocycles. The minimum absolute atomic E-state index is 0.0317. The highest BCUT2D eigenvalue weighted by atomic mass is 16.5. The number of carbonyl (C=O) groups excluding carboxylic acids is 4. The first-order valence-electron chi connectivity index (χ1n) is 43.2. The van der Waals surface area contributed by atoms with Crippen molar-refractivity contribution >= 4 is 79.3 Å². The van der Waals surface area contributed by atoms with Crippen LogP contribution in [-0.2, 0) is 19.2 Å². The number of hydrogen-bond donors (Lipinski definition) is 10. The number of nitrogens with two attached hydrogens (primary N) is 1. The summed E-state index contributed by atoms with van der Waals surface area (Å²) in [5.74, 6) is -5.66. The largest absolute Gasteiger partial charge is 0.507 e. The summed E-state index contributed by atoms with van der Waals surface area (Å²) in [7, 11) is 0. The van der Waals surface area contributed by atoms with Gasteiger partial charge in [-0.05, 0) is 313 Å². The van der Waals surface area contributed by atoms with Gasteiger partial charge in [0.25, 0.3) is 25.9 Å². The summed E-state index contributed by atoms with van der Waals surface area (Å²) < 4.78 is 26.0. The average molecular weight is 1880 g/mol. The molecule has 16 rings (SSSR count). The number of carboxylic acids is 8. The predicted molar refractivity (Wildman–Crippen MR) is 529 cm³/mol. The zero-order valence-corrected chi connectivity index (χ0v) is 75.2. The first kappa shape index (κ1) is 99.0. The molecule has 0 spiro atoms. The van der Waals surface area contributed by atoms with E-state index in [0.29, 0.717) is 106 Å². The lowest BCUT2D eigenvalue weighted by Gasteiger charge is -2.21. The van der Waals surface area contributed by atoms with Crippen molar-refractivity contribution in [2.45, 2.75) is 27.2 Å². The van der Waals surface area contributed by atoms with E-state index in [-0.39, 0.29) is 50.3 Å². The van der Waals surface area contributed by atoms with Gasteiger partial charge in [-0.1, -0.05) is 166 Å². The molecule has 0 amide bonds. The van der Waals surface area contributed by atoms with Crippen molar-refractivity contribution in [3.8, 4) is 168 Å². The molecule has 0 unspecified atom stereocenters. The molecule has 0 bridgehead atoms. The number of aromatic carboxylic acids is 8. The fraction of sp³-hybridized carbons (Fsp3) is 0.0526. The van der Waals surface area contributed by atoms with Crippen molar-refractivity contribution in [3.63, 3.8) is 0 Å². The second kappa shape index (κ2) is 45.5. The Hall–Kier alpha value is -19.4. The van der Waals surface area contributed by atoms with Gasteiger partial charge >= 0.3 is 47.8 Å². The third-order valence-corrected chi connectivity index (χ3v) is 23.0. The average Bonchev–Trinajstić information content (AvgIpc) is 0.773. The zero-order chi connectivity index (χ0) is 101. The molecule has 11 N–H and O–H groups in total. The Morgan fingerprint density at radius 3 is 0.624 bits per heavy atom. The predicted octanol–water partition coefficient (Wildman–Crippen LogP) is 23.5. The summed E-state index contributed by atoms with van der Waals surface area (Å²) in [6.45, 7) is 8.07. The van der Waals surface area contributed by atoms with Gasteiger partial charge in [-0.15, -0.1) is 0 Å². The van der Waals surface area contributed by atoms with E-state index in [0.717, 1.165) is 112 Å². The maximum Gasteiger partial charge on any atom is 0.335 e. The highest BCUT2D eigenvalue weighted by molar-refractivity contribution is 6.00. The Labute approximate surface area is 805 Å². The Balaban J connectivity index is 0.000000158. The number of rotatable bonds is 32. The van der Waals surface area contributed by atoms with Crippen LogP contribution < -0.4 is 29.4 Å². The third-order valence-electron chi connectivity index (χ3n) is 23.0. The monoisotopic (exact) mass is 1880 g/mol. The Morgan fingerprint density at radius 1 is 0.255 bits per heavy atom. The summed E-state index contributed by atoms with van der Waals surface area (Å²) in [5.41, 5.74) is 27.6. The first-order valence-corrected chi connectivity index (χ1v) is 43.2. The summed E-state index contributed by atoms with van der Waals surface area (Å²) in [6.07, 6.45) is 0.929. The van der Waals surface area contributed by atoms with Gasteiger partial charge in [-0.2, -0.15) is 0 Å². The number of phenolic OH excluding ortho intramolecular Hbond substituents is 1. The fourth-order valence-corrected chi connectivity index (χ4v) is 15.2. The van der Waals surface area contributed by atoms with Crippen LogP contribution in [0, 0.1) is 12.8 Å². The molecule has 0 saturated carbocycles. The number of aromatic hydroxyl groups is 1. The van der Waals surface area contributed by atoms with Crippen LogP contribution in [0.5, 0.6) is 34.5 Å². The number of nitrogen functional groups attached to an aromatic ring is 1. The Kier molecular flexibility index (Phi) is 32.0. The van der Waals surface area contributed by atoms with Crippen LogP contribution in [0.25, 0.3) is 134 Å². The van der Waals surface area contributed by atoms with Crippen LogP contribution in [-0.4, -0.2) is 126 Å². The van der Waals surface area contributed by atoms with E-state index in [1.807, 2.05) is 67.6 Å². The van der Waals surface area contributed by atoms with E-state index in [2.05, 4.69) is 13.8 Å². The molecule has 0 aromatic heterocycles. The molecular formula is C114H85NO26. The van der Waals surface area contributed by atoms with Crippen LogP contribution in [0.3, 0.4) is 0 Å². The molecule has 702 valence electrons. The van der Waals surface area contributed by atoms with Gasteiger partial charge in [0.1, 0.15) is 34.5 Å². The summed E-state index contributed by atoms with van der Waals surface area (Å²) in [6, 6.07) is 94.9. The van der Waals surface area contributed by atoms with Crippen molar-refractivity contribution in [2.75, 3.05) is 12.3 Å². The lowest BCUT2D eigenvalue weighted by molar-refractivity contribution is -0.121. The normalized spacial score (nSPS) is 10.7. The highest BCUT2D eigenvalue weighted by Crippen LogP contribution is 2.47. The molecule has 141 heavy (non-hydrogen) atoms. The molecular weight excluding hydrogens is 1800 g/mol. The molecule has 0 radical (unpaired) electrons. The highest BCUT2D eigenvalue weighted by Gasteiger charge is 2.24. The fourth-order valence-electron chi connectivity index (χ4n) is 15.2. The van der Waals surface area contributed by atoms with E-state index >= 15 is 0 Å². The van der Waals surface area contributed by atoms with Crippen LogP contribution >= 0.6 is 0 Å². The van der Waals surface area contributed by atoms with Crippen LogP contribution in [0.1, 0.15) is 109 Å². The molecule has 27 nitrogen and oxygen atoms in total. The summed E-state index contributed by atoms with van der Waals surface area (Å²) >= 11 is 0. The maximum absolute atomic E-state index is 11.5. The number of phenols is 1. The van der Waals surface area contributed by atoms with Crippen molar-refractivity contribution in [3.05, 3.63) is 390 Å². The number of carbonyl (C=O) groups is 12. The Morgan fingerprint density at radius 2 is 0.426 bits per heavy atom. The second-order valence-electron chi connectivity index (χ2n) is 31.8. The number of carboxylic acid groups (broad SMARTS) is 8. The minimum atomic E-state index is -1.05. The first-order chi connectivity index (χ1) is 67.9. The maximum atomic E-state index is 11.5. The van der Waals surface area contributed by atoms with Crippen molar-refractivity contribution in [1.29, 1.82) is 0 Å². The number of hydrogen-bond acceptors (Lipinski definition) is 19. The van der Waals surface area contributed by atoms with Crippen LogP contribution in [0.15, 0.2) is 340 Å². The number of benzene rings is 16. The van der Waals surface area contributed by atoms with Gasteiger partial charge in [-0.3, -0.25) is 19.2 Å². The molecule has 1 atom stereocenters. The van der Waals surface area contributed by atoms with Crippen LogP contribution in [0.2, 0.25) is 0 Å². The number of ether oxygens (including phenoxy) is 5. The SMILES string of the molecule is CC[C@@H](C)COc1c(-c2ccc(C(=O)O)cc2)cc(-c2ccc(OC=O)cc2)cc1-c1ccc(C(=O)O)cc1.Cc1c(-c2ccc(C(=O)O)cc2)cc(-c2ccc(OC=O)cc2)cc1-c1ccc(C(=O)O)cc1.Nc1c(-c2ccc(C(=O)O)cc2)cc(-c2ccc(OC=O)cc2)cc1-c1ccc(C(=O)O)cc1.O=COc1ccc(-c2cc(-c3ccc(C(=O)O)cc3)c(O)c(-c3ccc(C(=O)O)cc3)c2)cc1. The van der Waals surface area contributed by atoms with E-state index < -0.39 is 47.8 Å². The van der Waals surface area contributed by atoms with Crippen molar-refractivity contribution in [2.24, 2.45) is 5.92 Å².